The molecule has 2 heterocycles. The molecule has 0 fully saturated rings. The predicted octanol–water partition coefficient (Wildman–Crippen LogP) is 3.69. The molecule has 0 aliphatic carbocycles. The smallest absolute Gasteiger partial charge is 0.416 e. The van der Waals surface area contributed by atoms with Crippen LogP contribution >= 0.6 is 0 Å². The Morgan fingerprint density at radius 1 is 1.07 bits per heavy atom. The van der Waals surface area contributed by atoms with Crippen LogP contribution in [0.3, 0.4) is 0 Å². The van der Waals surface area contributed by atoms with E-state index in [-0.39, 0.29) is 17.3 Å². The van der Waals surface area contributed by atoms with Crippen LogP contribution in [-0.4, -0.2) is 10.6 Å². The number of para-hydroxylation sites is 1. The van der Waals surface area contributed by atoms with Gasteiger partial charge >= 0.3 is 6.18 Å². The van der Waals surface area contributed by atoms with E-state index < -0.39 is 17.6 Å². The summed E-state index contributed by atoms with van der Waals surface area (Å²) in [4.78, 5) is 0. The van der Waals surface area contributed by atoms with E-state index in [1.165, 1.54) is 28.2 Å². The first-order valence-electron chi connectivity index (χ1n) is 8.01. The van der Waals surface area contributed by atoms with Gasteiger partial charge in [0.25, 0.3) is 0 Å². The van der Waals surface area contributed by atoms with Crippen LogP contribution < -0.4 is 15.6 Å². The van der Waals surface area contributed by atoms with Gasteiger partial charge in [-0.2, -0.15) is 13.2 Å². The van der Waals surface area contributed by atoms with Gasteiger partial charge in [-0.1, -0.05) is 19.1 Å². The summed E-state index contributed by atoms with van der Waals surface area (Å²) in [5, 5.41) is 13.3. The largest absolute Gasteiger partial charge is 0.492 e. The maximum absolute atomic E-state index is 14.3. The van der Waals surface area contributed by atoms with Gasteiger partial charge < -0.3 is 10.6 Å². The second-order valence-corrected chi connectivity index (χ2v) is 6.38. The molecule has 27 heavy (non-hydrogen) atoms. The highest BCUT2D eigenvalue weighted by atomic mass is 19.4. The molecule has 5 nitrogen and oxygen atoms in total. The molecular formula is C18H17F4N3O2. The van der Waals surface area contributed by atoms with Crippen LogP contribution in [0.25, 0.3) is 0 Å². The second kappa shape index (κ2) is 6.43. The molecule has 1 atom stereocenters. The van der Waals surface area contributed by atoms with E-state index in [1.807, 2.05) is 13.0 Å². The topological polar surface area (TPSA) is 70.2 Å². The maximum Gasteiger partial charge on any atom is 0.416 e. The Kier molecular flexibility index (Phi) is 4.52. The van der Waals surface area contributed by atoms with Gasteiger partial charge in [-0.3, -0.25) is 5.01 Å². The summed E-state index contributed by atoms with van der Waals surface area (Å²) in [5.41, 5.74) is 3.96. The van der Waals surface area contributed by atoms with Crippen LogP contribution in [0.15, 0.2) is 54.0 Å². The lowest BCUT2D eigenvalue weighted by molar-refractivity contribution is -0.137. The minimum absolute atomic E-state index is 0. The Bertz CT molecular complexity index is 896. The van der Waals surface area contributed by atoms with Gasteiger partial charge in [-0.25, -0.2) is 9.40 Å². The van der Waals surface area contributed by atoms with E-state index in [9.17, 15) is 22.7 Å². The standard InChI is InChI=1S/C18H15F4N3O.H2O/c1-10-9-11-3-2-4-14(19)16(11)25-15(10)17(26)24(23-25)13-7-5-12(6-8-13)18(20,21)22;/h2-8,10,23,26H,9H2,1H3;1H2. The van der Waals surface area contributed by atoms with Gasteiger partial charge in [0.1, 0.15) is 11.5 Å². The lowest BCUT2D eigenvalue weighted by atomic mass is 9.92. The van der Waals surface area contributed by atoms with Crippen molar-refractivity contribution < 1.29 is 28.1 Å². The number of fused-ring (bicyclic) bond motifs is 3. The Labute approximate surface area is 152 Å². The number of aliphatic hydroxyl groups is 1. The van der Waals surface area contributed by atoms with Crippen molar-refractivity contribution in [1.29, 1.82) is 0 Å². The number of aliphatic hydroxyl groups excluding tert-OH is 1. The first-order chi connectivity index (χ1) is 12.3. The van der Waals surface area contributed by atoms with Crippen molar-refractivity contribution in [3.05, 3.63) is 71.0 Å². The van der Waals surface area contributed by atoms with E-state index in [4.69, 9.17) is 0 Å². The molecule has 0 bridgehead atoms. The number of nitrogens with one attached hydrogen (secondary N) is 1. The fourth-order valence-corrected chi connectivity index (χ4v) is 3.41. The molecular weight excluding hydrogens is 366 g/mol. The quantitative estimate of drug-likeness (QED) is 0.737. The molecule has 2 aromatic carbocycles. The number of benzene rings is 2. The number of hydrogen-bond donors (Lipinski definition) is 2. The minimum atomic E-state index is -4.44. The number of anilines is 2. The second-order valence-electron chi connectivity index (χ2n) is 6.38. The zero-order chi connectivity index (χ0) is 18.6. The maximum atomic E-state index is 14.3. The molecule has 0 spiro atoms. The van der Waals surface area contributed by atoms with Crippen molar-refractivity contribution >= 4 is 11.4 Å². The van der Waals surface area contributed by atoms with Crippen molar-refractivity contribution in [1.82, 2.24) is 5.53 Å². The summed E-state index contributed by atoms with van der Waals surface area (Å²) in [6, 6.07) is 9.13. The normalized spacial score (nSPS) is 18.9. The van der Waals surface area contributed by atoms with Crippen molar-refractivity contribution in [2.75, 3.05) is 10.0 Å². The summed E-state index contributed by atoms with van der Waals surface area (Å²) in [5.74, 6) is -0.705. The molecule has 4 N–H and O–H groups in total. The summed E-state index contributed by atoms with van der Waals surface area (Å²) >= 11 is 0. The number of halogens is 4. The van der Waals surface area contributed by atoms with Gasteiger partial charge in [-0.05, 0) is 42.3 Å². The third-order valence-electron chi connectivity index (χ3n) is 4.62. The average Bonchev–Trinajstić information content (AvgIpc) is 2.92. The van der Waals surface area contributed by atoms with Crippen LogP contribution in [0.2, 0.25) is 0 Å². The van der Waals surface area contributed by atoms with E-state index in [0.717, 1.165) is 17.7 Å². The van der Waals surface area contributed by atoms with Crippen molar-refractivity contribution in [3.8, 4) is 0 Å². The summed E-state index contributed by atoms with van der Waals surface area (Å²) in [6.07, 6.45) is -3.89. The fraction of sp³-hybridized carbons (Fsp3) is 0.222. The first kappa shape index (κ1) is 19.0. The molecule has 144 valence electrons. The highest BCUT2D eigenvalue weighted by molar-refractivity contribution is 5.67. The highest BCUT2D eigenvalue weighted by Gasteiger charge is 2.40. The highest BCUT2D eigenvalue weighted by Crippen LogP contribution is 2.42. The monoisotopic (exact) mass is 383 g/mol. The minimum Gasteiger partial charge on any atom is -0.492 e. The Morgan fingerprint density at radius 3 is 2.37 bits per heavy atom. The Morgan fingerprint density at radius 2 is 1.74 bits per heavy atom. The van der Waals surface area contributed by atoms with Crippen LogP contribution in [-0.2, 0) is 12.6 Å². The summed E-state index contributed by atoms with van der Waals surface area (Å²) < 4.78 is 52.6. The van der Waals surface area contributed by atoms with Crippen LogP contribution in [0.1, 0.15) is 18.1 Å². The zero-order valence-electron chi connectivity index (χ0n) is 14.2. The molecule has 4 rings (SSSR count). The Hall–Kier alpha value is -2.78. The molecule has 2 aromatic rings. The van der Waals surface area contributed by atoms with Gasteiger partial charge in [0.15, 0.2) is 0 Å². The molecule has 9 heteroatoms. The van der Waals surface area contributed by atoms with Crippen LogP contribution in [0.5, 0.6) is 0 Å². The molecule has 1 unspecified atom stereocenters. The molecule has 0 saturated heterocycles. The van der Waals surface area contributed by atoms with Crippen molar-refractivity contribution in [2.45, 2.75) is 19.5 Å². The zero-order valence-corrected chi connectivity index (χ0v) is 14.2. The van der Waals surface area contributed by atoms with Gasteiger partial charge in [0.05, 0.1) is 16.9 Å². The van der Waals surface area contributed by atoms with E-state index in [2.05, 4.69) is 5.53 Å². The number of rotatable bonds is 1. The van der Waals surface area contributed by atoms with E-state index in [0.29, 0.717) is 23.5 Å². The number of hydrogen-bond acceptors (Lipinski definition) is 4. The molecule has 2 aliphatic heterocycles. The lowest BCUT2D eigenvalue weighted by Gasteiger charge is -2.32. The average molecular weight is 383 g/mol. The molecule has 0 saturated carbocycles. The third kappa shape index (κ3) is 2.98. The van der Waals surface area contributed by atoms with E-state index in [1.54, 1.807) is 6.07 Å². The summed E-state index contributed by atoms with van der Waals surface area (Å²) in [7, 11) is 0. The van der Waals surface area contributed by atoms with Crippen molar-refractivity contribution in [2.24, 2.45) is 5.92 Å². The Balaban J connectivity index is 0.00000210. The number of allylic oxidation sites excluding steroid dienone is 1. The number of alkyl halides is 3. The van der Waals surface area contributed by atoms with E-state index >= 15 is 0 Å². The molecule has 0 radical (unpaired) electrons. The van der Waals surface area contributed by atoms with Gasteiger partial charge in [0, 0.05) is 5.92 Å². The van der Waals surface area contributed by atoms with Gasteiger partial charge in [0.2, 0.25) is 5.88 Å². The molecule has 0 amide bonds. The fourth-order valence-electron chi connectivity index (χ4n) is 3.41. The first-order valence-corrected chi connectivity index (χ1v) is 8.01. The van der Waals surface area contributed by atoms with Gasteiger partial charge in [-0.15, -0.1) is 5.53 Å². The SMILES string of the molecule is CC1Cc2cccc(F)c2N2NN(c3ccc(C(F)(F)F)cc3)C(O)=C12.O. The number of nitrogens with zero attached hydrogens (tertiary/aromatic N) is 2. The third-order valence-corrected chi connectivity index (χ3v) is 4.62. The number of hydrazine groups is 2. The van der Waals surface area contributed by atoms with Crippen LogP contribution in [0, 0.1) is 11.7 Å². The lowest BCUT2D eigenvalue weighted by Crippen LogP contribution is -2.44. The predicted molar refractivity (Wildman–Crippen MR) is 92.1 cm³/mol. The van der Waals surface area contributed by atoms with Crippen molar-refractivity contribution in [3.63, 3.8) is 0 Å². The molecule has 2 aliphatic rings. The van der Waals surface area contributed by atoms with Crippen LogP contribution in [0.4, 0.5) is 28.9 Å². The molecule has 0 aromatic heterocycles. The summed E-state index contributed by atoms with van der Waals surface area (Å²) in [6.45, 7) is 1.89.